The van der Waals surface area contributed by atoms with Crippen LogP contribution in [0.4, 0.5) is 0 Å². The summed E-state index contributed by atoms with van der Waals surface area (Å²) in [6, 6.07) is 8.51. The summed E-state index contributed by atoms with van der Waals surface area (Å²) in [7, 11) is 0. The molecule has 0 saturated heterocycles. The third-order valence-corrected chi connectivity index (χ3v) is 3.05. The van der Waals surface area contributed by atoms with E-state index in [1.165, 1.54) is 10.9 Å². The lowest BCUT2D eigenvalue weighted by Crippen LogP contribution is -2.19. The van der Waals surface area contributed by atoms with Gasteiger partial charge in [0.1, 0.15) is 0 Å². The Labute approximate surface area is 104 Å². The van der Waals surface area contributed by atoms with E-state index >= 15 is 0 Å². The summed E-state index contributed by atoms with van der Waals surface area (Å²) < 4.78 is 3.38. The lowest BCUT2D eigenvalue weighted by atomic mass is 10.2. The van der Waals surface area contributed by atoms with Crippen molar-refractivity contribution >= 4 is 26.8 Å². The molecular weight excluding hydrogens is 264 g/mol. The van der Waals surface area contributed by atoms with E-state index in [1.54, 1.807) is 0 Å². The Morgan fingerprint density at radius 1 is 1.38 bits per heavy atom. The molecule has 2 aromatic rings. The molecule has 84 valence electrons. The van der Waals surface area contributed by atoms with Crippen molar-refractivity contribution < 1.29 is 0 Å². The Morgan fingerprint density at radius 3 is 3.06 bits per heavy atom. The fraction of sp³-hybridized carbons (Fsp3) is 0.231. The van der Waals surface area contributed by atoms with Crippen molar-refractivity contribution in [1.29, 1.82) is 0 Å². The van der Waals surface area contributed by atoms with E-state index in [1.807, 2.05) is 6.08 Å². The first-order chi connectivity index (χ1) is 7.81. The Balaban J connectivity index is 2.11. The van der Waals surface area contributed by atoms with Crippen molar-refractivity contribution in [2.45, 2.75) is 6.54 Å². The first-order valence-corrected chi connectivity index (χ1v) is 6.16. The van der Waals surface area contributed by atoms with Gasteiger partial charge in [0.2, 0.25) is 0 Å². The minimum atomic E-state index is 0.864. The average molecular weight is 279 g/mol. The van der Waals surface area contributed by atoms with Gasteiger partial charge in [-0.25, -0.2) is 0 Å². The molecule has 1 aromatic heterocycles. The molecule has 1 heterocycles. The van der Waals surface area contributed by atoms with Crippen LogP contribution in [0.15, 0.2) is 47.6 Å². The summed E-state index contributed by atoms with van der Waals surface area (Å²) in [4.78, 5) is 0. The summed E-state index contributed by atoms with van der Waals surface area (Å²) >= 11 is 3.50. The van der Waals surface area contributed by atoms with Gasteiger partial charge < -0.3 is 9.88 Å². The minimum absolute atomic E-state index is 0.864. The topological polar surface area (TPSA) is 17.0 Å². The van der Waals surface area contributed by atoms with Gasteiger partial charge in [0.15, 0.2) is 0 Å². The molecule has 0 aliphatic carbocycles. The second-order valence-electron chi connectivity index (χ2n) is 3.71. The highest BCUT2D eigenvalue weighted by atomic mass is 79.9. The number of fused-ring (bicyclic) bond motifs is 1. The van der Waals surface area contributed by atoms with Crippen LogP contribution in [0.5, 0.6) is 0 Å². The largest absolute Gasteiger partial charge is 0.346 e. The third kappa shape index (κ3) is 2.54. The van der Waals surface area contributed by atoms with Crippen molar-refractivity contribution in [3.63, 3.8) is 0 Å². The minimum Gasteiger partial charge on any atom is -0.346 e. The highest BCUT2D eigenvalue weighted by Crippen LogP contribution is 2.20. The zero-order chi connectivity index (χ0) is 11.4. The molecule has 0 spiro atoms. The van der Waals surface area contributed by atoms with Gasteiger partial charge in [0.05, 0.1) is 0 Å². The van der Waals surface area contributed by atoms with Crippen molar-refractivity contribution in [1.82, 2.24) is 9.88 Å². The summed E-state index contributed by atoms with van der Waals surface area (Å²) in [5.74, 6) is 0. The van der Waals surface area contributed by atoms with E-state index in [0.29, 0.717) is 0 Å². The highest BCUT2D eigenvalue weighted by molar-refractivity contribution is 9.10. The van der Waals surface area contributed by atoms with Crippen molar-refractivity contribution in [2.24, 2.45) is 0 Å². The first-order valence-electron chi connectivity index (χ1n) is 5.37. The zero-order valence-corrected chi connectivity index (χ0v) is 10.7. The number of benzene rings is 1. The molecule has 2 rings (SSSR count). The predicted octanol–water partition coefficient (Wildman–Crippen LogP) is 3.18. The molecule has 0 fully saturated rings. The molecule has 0 radical (unpaired) electrons. The van der Waals surface area contributed by atoms with Crippen LogP contribution in [0.3, 0.4) is 0 Å². The first kappa shape index (κ1) is 11.4. The monoisotopic (exact) mass is 278 g/mol. The van der Waals surface area contributed by atoms with Gasteiger partial charge in [0, 0.05) is 35.8 Å². The number of nitrogens with zero attached hydrogens (tertiary/aromatic N) is 1. The molecule has 0 aliphatic heterocycles. The molecule has 0 bridgehead atoms. The smallest absolute Gasteiger partial charge is 0.0492 e. The Morgan fingerprint density at radius 2 is 2.25 bits per heavy atom. The second kappa shape index (κ2) is 5.32. The van der Waals surface area contributed by atoms with Crippen LogP contribution in [0.2, 0.25) is 0 Å². The van der Waals surface area contributed by atoms with Crippen molar-refractivity contribution in [3.8, 4) is 0 Å². The molecular formula is C13H15BrN2. The highest BCUT2D eigenvalue weighted by Gasteiger charge is 2.00. The van der Waals surface area contributed by atoms with Crippen LogP contribution >= 0.6 is 15.9 Å². The number of nitrogens with one attached hydrogen (secondary N) is 1. The van der Waals surface area contributed by atoms with Crippen LogP contribution in [0.1, 0.15) is 0 Å². The quantitative estimate of drug-likeness (QED) is 0.657. The summed E-state index contributed by atoms with van der Waals surface area (Å²) in [5, 5.41) is 4.59. The number of halogens is 1. The molecule has 2 nitrogen and oxygen atoms in total. The van der Waals surface area contributed by atoms with Gasteiger partial charge >= 0.3 is 0 Å². The Kier molecular flexibility index (Phi) is 3.80. The third-order valence-electron chi connectivity index (χ3n) is 2.55. The van der Waals surface area contributed by atoms with Crippen LogP contribution in [-0.4, -0.2) is 17.7 Å². The van der Waals surface area contributed by atoms with Gasteiger partial charge in [-0.1, -0.05) is 28.1 Å². The fourth-order valence-electron chi connectivity index (χ4n) is 1.76. The van der Waals surface area contributed by atoms with Gasteiger partial charge in [-0.05, 0) is 23.6 Å². The van der Waals surface area contributed by atoms with E-state index in [4.69, 9.17) is 0 Å². The van der Waals surface area contributed by atoms with Crippen LogP contribution in [0.25, 0.3) is 10.9 Å². The molecule has 0 atom stereocenters. The summed E-state index contributed by atoms with van der Waals surface area (Å²) in [6.07, 6.45) is 4.01. The number of rotatable bonds is 5. The van der Waals surface area contributed by atoms with Gasteiger partial charge in [-0.3, -0.25) is 0 Å². The number of hydrogen-bond acceptors (Lipinski definition) is 1. The maximum absolute atomic E-state index is 3.68. The van der Waals surface area contributed by atoms with E-state index in [9.17, 15) is 0 Å². The zero-order valence-electron chi connectivity index (χ0n) is 9.12. The molecule has 0 amide bonds. The normalized spacial score (nSPS) is 10.8. The Bertz CT molecular complexity index is 488. The van der Waals surface area contributed by atoms with E-state index in [0.717, 1.165) is 24.1 Å². The number of aromatic nitrogens is 1. The Hall–Kier alpha value is -1.06. The van der Waals surface area contributed by atoms with E-state index in [2.05, 4.69) is 62.9 Å². The molecule has 1 aromatic carbocycles. The molecule has 0 unspecified atom stereocenters. The average Bonchev–Trinajstić information content (AvgIpc) is 2.67. The lowest BCUT2D eigenvalue weighted by molar-refractivity contribution is 0.641. The van der Waals surface area contributed by atoms with Crippen LogP contribution < -0.4 is 5.32 Å². The van der Waals surface area contributed by atoms with Crippen LogP contribution in [0, 0.1) is 0 Å². The maximum atomic E-state index is 3.68. The fourth-order valence-corrected chi connectivity index (χ4v) is 2.10. The summed E-state index contributed by atoms with van der Waals surface area (Å²) in [5.41, 5.74) is 1.27. The summed E-state index contributed by atoms with van der Waals surface area (Å²) in [6.45, 7) is 6.49. The van der Waals surface area contributed by atoms with Gasteiger partial charge in [0.25, 0.3) is 0 Å². The second-order valence-corrected chi connectivity index (χ2v) is 4.62. The van der Waals surface area contributed by atoms with Gasteiger partial charge in [-0.2, -0.15) is 0 Å². The molecule has 16 heavy (non-hydrogen) atoms. The molecule has 1 N–H and O–H groups in total. The predicted molar refractivity (Wildman–Crippen MR) is 72.7 cm³/mol. The molecule has 3 heteroatoms. The number of hydrogen-bond donors (Lipinski definition) is 1. The lowest BCUT2D eigenvalue weighted by Gasteiger charge is -2.06. The SMILES string of the molecule is C=CCNCCn1ccc2ccc(Br)cc21. The van der Waals surface area contributed by atoms with E-state index in [-0.39, 0.29) is 0 Å². The molecule has 0 aliphatic rings. The maximum Gasteiger partial charge on any atom is 0.0492 e. The molecule has 0 saturated carbocycles. The van der Waals surface area contributed by atoms with Crippen LogP contribution in [-0.2, 0) is 6.54 Å². The van der Waals surface area contributed by atoms with Crippen molar-refractivity contribution in [3.05, 3.63) is 47.6 Å². The van der Waals surface area contributed by atoms with Crippen molar-refractivity contribution in [2.75, 3.05) is 13.1 Å². The standard InChI is InChI=1S/C13H15BrN2/c1-2-6-15-7-9-16-8-5-11-3-4-12(14)10-13(11)16/h2-5,8,10,15H,1,6-7,9H2. The van der Waals surface area contributed by atoms with E-state index < -0.39 is 0 Å². The van der Waals surface area contributed by atoms with Gasteiger partial charge in [-0.15, -0.1) is 6.58 Å².